The highest BCUT2D eigenvalue weighted by atomic mass is 127. The van der Waals surface area contributed by atoms with E-state index in [9.17, 15) is 14.9 Å². The van der Waals surface area contributed by atoms with Gasteiger partial charge in [-0.1, -0.05) is 25.3 Å². The van der Waals surface area contributed by atoms with E-state index in [0.717, 1.165) is 55.2 Å². The topological polar surface area (TPSA) is 74.4 Å². The number of nitro groups is 1. The van der Waals surface area contributed by atoms with Crippen molar-refractivity contribution < 1.29 is 38.4 Å². The Morgan fingerprint density at radius 3 is 2.45 bits per heavy atom. The molecule has 33 heavy (non-hydrogen) atoms. The second-order valence-corrected chi connectivity index (χ2v) is 8.98. The molecule has 8 heteroatoms. The maximum absolute atomic E-state index is 12.3. The Bertz CT molecular complexity index is 1090. The maximum Gasteiger partial charge on any atom is 0.338 e. The van der Waals surface area contributed by atoms with Crippen molar-refractivity contribution in [2.45, 2.75) is 38.6 Å². The molecule has 0 fully saturated rings. The lowest BCUT2D eigenvalue weighted by molar-refractivity contribution is -0.384. The van der Waals surface area contributed by atoms with Crippen LogP contribution in [0.5, 0.6) is 0 Å². The number of quaternary nitrogens is 1. The van der Waals surface area contributed by atoms with Crippen LogP contribution in [0.1, 0.15) is 42.5 Å². The van der Waals surface area contributed by atoms with Gasteiger partial charge in [-0.15, -0.1) is 0 Å². The van der Waals surface area contributed by atoms with E-state index < -0.39 is 0 Å². The number of ether oxygens (including phenoxy) is 1. The summed E-state index contributed by atoms with van der Waals surface area (Å²) in [6.07, 6.45) is 7.08. The fourth-order valence-electron chi connectivity index (χ4n) is 3.71. The molecule has 1 heterocycles. The number of rotatable bonds is 11. The number of carbonyl (C=O) groups is 1. The number of unbranched alkanes of at least 4 members (excludes halogenated alkanes) is 4. The largest absolute Gasteiger partial charge is 1.00 e. The molecule has 0 amide bonds. The first kappa shape index (κ1) is 26.8. The molecule has 0 saturated heterocycles. The van der Waals surface area contributed by atoms with Gasteiger partial charge in [0, 0.05) is 41.8 Å². The zero-order chi connectivity index (χ0) is 23.1. The molecule has 0 aliphatic heterocycles. The number of hydrogen-bond donors (Lipinski definition) is 0. The number of halogens is 1. The Labute approximate surface area is 212 Å². The van der Waals surface area contributed by atoms with E-state index in [0.29, 0.717) is 16.7 Å². The molecule has 0 atom stereocenters. The minimum absolute atomic E-state index is 0. The molecule has 0 aliphatic rings. The van der Waals surface area contributed by atoms with Gasteiger partial charge in [0.2, 0.25) is 0 Å². The SMILES string of the molecule is C[N+](C)(C)c1cccc(C(=O)OCCCCCCCn2ccc3cc([N+](=O)[O-])ccc32)c1.[I-]. The second-order valence-electron chi connectivity index (χ2n) is 8.98. The maximum atomic E-state index is 12.3. The molecule has 0 saturated carbocycles. The number of benzene rings is 2. The number of fused-ring (bicyclic) bond motifs is 1. The molecule has 0 radical (unpaired) electrons. The number of nitro benzene ring substituents is 1. The number of carbonyl (C=O) groups excluding carboxylic acids is 1. The van der Waals surface area contributed by atoms with E-state index >= 15 is 0 Å². The molecular formula is C25H32IN3O4. The molecule has 3 aromatic rings. The third-order valence-corrected chi connectivity index (χ3v) is 5.60. The van der Waals surface area contributed by atoms with Gasteiger partial charge < -0.3 is 33.3 Å². The van der Waals surface area contributed by atoms with Crippen molar-refractivity contribution in [1.29, 1.82) is 0 Å². The first-order valence-corrected chi connectivity index (χ1v) is 11.1. The summed E-state index contributed by atoms with van der Waals surface area (Å²) in [6, 6.07) is 14.5. The molecule has 7 nitrogen and oxygen atoms in total. The molecule has 0 unspecified atom stereocenters. The van der Waals surface area contributed by atoms with Crippen LogP contribution in [0.3, 0.4) is 0 Å². The van der Waals surface area contributed by atoms with Gasteiger partial charge in [0.05, 0.1) is 38.2 Å². The molecule has 0 bridgehead atoms. The summed E-state index contributed by atoms with van der Waals surface area (Å²) in [7, 11) is 6.19. The van der Waals surface area contributed by atoms with E-state index in [1.165, 1.54) is 0 Å². The molecule has 2 aromatic carbocycles. The van der Waals surface area contributed by atoms with Crippen LogP contribution in [0.25, 0.3) is 10.9 Å². The lowest BCUT2D eigenvalue weighted by Gasteiger charge is -2.23. The van der Waals surface area contributed by atoms with Crippen molar-refractivity contribution in [3.63, 3.8) is 0 Å². The van der Waals surface area contributed by atoms with E-state index in [2.05, 4.69) is 25.7 Å². The van der Waals surface area contributed by atoms with Crippen LogP contribution in [0, 0.1) is 10.1 Å². The van der Waals surface area contributed by atoms with Gasteiger partial charge in [-0.05, 0) is 37.1 Å². The van der Waals surface area contributed by atoms with Gasteiger partial charge in [-0.25, -0.2) is 4.79 Å². The number of aromatic nitrogens is 1. The fourth-order valence-corrected chi connectivity index (χ4v) is 3.71. The number of aryl methyl sites for hydroxylation is 1. The lowest BCUT2D eigenvalue weighted by Crippen LogP contribution is -3.00. The van der Waals surface area contributed by atoms with E-state index in [1.807, 2.05) is 36.5 Å². The van der Waals surface area contributed by atoms with Crippen molar-refractivity contribution in [3.05, 3.63) is 70.4 Å². The van der Waals surface area contributed by atoms with Crippen molar-refractivity contribution in [3.8, 4) is 0 Å². The second kappa shape index (κ2) is 12.1. The first-order valence-electron chi connectivity index (χ1n) is 11.1. The quantitative estimate of drug-likeness (QED) is 0.0895. The highest BCUT2D eigenvalue weighted by Gasteiger charge is 2.15. The summed E-state index contributed by atoms with van der Waals surface area (Å²) >= 11 is 0. The van der Waals surface area contributed by atoms with Crippen molar-refractivity contribution in [2.75, 3.05) is 27.7 Å². The third-order valence-electron chi connectivity index (χ3n) is 5.60. The number of hydrogen-bond acceptors (Lipinski definition) is 4. The zero-order valence-corrected chi connectivity index (χ0v) is 21.7. The Morgan fingerprint density at radius 1 is 1.00 bits per heavy atom. The Morgan fingerprint density at radius 2 is 1.73 bits per heavy atom. The molecule has 3 rings (SSSR count). The molecule has 0 spiro atoms. The lowest BCUT2D eigenvalue weighted by atomic mass is 10.1. The van der Waals surface area contributed by atoms with Crippen LogP contribution >= 0.6 is 0 Å². The van der Waals surface area contributed by atoms with Crippen molar-refractivity contribution in [1.82, 2.24) is 9.05 Å². The van der Waals surface area contributed by atoms with Crippen LogP contribution in [0.15, 0.2) is 54.7 Å². The number of esters is 1. The minimum Gasteiger partial charge on any atom is -1.00 e. The fraction of sp³-hybridized carbons (Fsp3) is 0.400. The van der Waals surface area contributed by atoms with Gasteiger partial charge in [-0.2, -0.15) is 0 Å². The molecule has 1 aromatic heterocycles. The van der Waals surface area contributed by atoms with E-state index in [4.69, 9.17) is 4.74 Å². The van der Waals surface area contributed by atoms with E-state index in [-0.39, 0.29) is 40.6 Å². The van der Waals surface area contributed by atoms with Crippen LogP contribution < -0.4 is 28.5 Å². The van der Waals surface area contributed by atoms with Crippen molar-refractivity contribution in [2.24, 2.45) is 0 Å². The van der Waals surface area contributed by atoms with Gasteiger partial charge in [0.25, 0.3) is 5.69 Å². The summed E-state index contributed by atoms with van der Waals surface area (Å²) in [4.78, 5) is 22.8. The normalized spacial score (nSPS) is 11.2. The molecule has 0 N–H and O–H groups in total. The predicted molar refractivity (Wildman–Crippen MR) is 128 cm³/mol. The summed E-state index contributed by atoms with van der Waals surface area (Å²) < 4.78 is 8.23. The number of non-ortho nitro benzene ring substituents is 1. The average Bonchev–Trinajstić information content (AvgIpc) is 3.17. The zero-order valence-electron chi connectivity index (χ0n) is 19.5. The first-order chi connectivity index (χ1) is 15.3. The Balaban J connectivity index is 0.00000385. The Kier molecular flexibility index (Phi) is 9.85. The van der Waals surface area contributed by atoms with Crippen LogP contribution in [0.2, 0.25) is 0 Å². The molecule has 0 aliphatic carbocycles. The average molecular weight is 565 g/mol. The monoisotopic (exact) mass is 565 g/mol. The summed E-state index contributed by atoms with van der Waals surface area (Å²) in [5.41, 5.74) is 2.81. The molecular weight excluding hydrogens is 533 g/mol. The smallest absolute Gasteiger partial charge is 0.338 e. The minimum atomic E-state index is -0.365. The summed E-state index contributed by atoms with van der Waals surface area (Å²) in [5.74, 6) is -0.264. The van der Waals surface area contributed by atoms with Gasteiger partial charge >= 0.3 is 5.97 Å². The van der Waals surface area contributed by atoms with Gasteiger partial charge in [-0.3, -0.25) is 14.6 Å². The summed E-state index contributed by atoms with van der Waals surface area (Å²) in [6.45, 7) is 1.33. The summed E-state index contributed by atoms with van der Waals surface area (Å²) in [5, 5.41) is 11.8. The number of nitrogens with zero attached hydrogens (tertiary/aromatic N) is 3. The molecule has 178 valence electrons. The predicted octanol–water partition coefficient (Wildman–Crippen LogP) is 2.56. The third kappa shape index (κ3) is 7.53. The van der Waals surface area contributed by atoms with Crippen LogP contribution in [0.4, 0.5) is 11.4 Å². The van der Waals surface area contributed by atoms with E-state index in [1.54, 1.807) is 18.2 Å². The highest BCUT2D eigenvalue weighted by Crippen LogP contribution is 2.22. The van der Waals surface area contributed by atoms with Crippen LogP contribution in [-0.2, 0) is 11.3 Å². The van der Waals surface area contributed by atoms with Crippen LogP contribution in [-0.4, -0.2) is 43.2 Å². The van der Waals surface area contributed by atoms with Gasteiger partial charge in [0.1, 0.15) is 5.69 Å². The highest BCUT2D eigenvalue weighted by molar-refractivity contribution is 5.90. The van der Waals surface area contributed by atoms with Crippen molar-refractivity contribution >= 4 is 28.2 Å². The Hall–Kier alpha value is -2.46. The van der Waals surface area contributed by atoms with Gasteiger partial charge in [0.15, 0.2) is 0 Å². The standard InChI is InChI=1S/C25H32N3O4.HI/c1-28(2,3)23-11-9-10-21(19-23)25(29)32-17-8-6-4-5-7-15-26-16-14-20-18-22(27(30)31)12-13-24(20)26;/h9-14,16,18-19H,4-8,15,17H2,1-3H3;1H/q+1;/p-1.